The van der Waals surface area contributed by atoms with E-state index >= 15 is 0 Å². The number of carboxylic acids is 1. The fourth-order valence-electron chi connectivity index (χ4n) is 1.79. The zero-order valence-corrected chi connectivity index (χ0v) is 10.9. The topological polar surface area (TPSA) is 83.6 Å². The third kappa shape index (κ3) is 3.03. The smallest absolute Gasteiger partial charge is 0.305 e. The van der Waals surface area contributed by atoms with Crippen LogP contribution < -0.4 is 4.90 Å². The number of aliphatic carboxylic acids is 1. The Morgan fingerprint density at radius 3 is 2.55 bits per heavy atom. The second kappa shape index (κ2) is 6.01. The van der Waals surface area contributed by atoms with Crippen molar-refractivity contribution in [2.45, 2.75) is 13.3 Å². The lowest BCUT2D eigenvalue weighted by Gasteiger charge is -2.21. The molecule has 0 aliphatic rings. The van der Waals surface area contributed by atoms with Crippen LogP contribution in [0.1, 0.15) is 22.7 Å². The Kier molecular flexibility index (Phi) is 4.14. The molecule has 104 valence electrons. The highest BCUT2D eigenvalue weighted by Crippen LogP contribution is 2.18. The van der Waals surface area contributed by atoms with Crippen molar-refractivity contribution < 1.29 is 19.1 Å². The first-order valence-electron chi connectivity index (χ1n) is 6.08. The lowest BCUT2D eigenvalue weighted by atomic mass is 10.2. The van der Waals surface area contributed by atoms with Crippen LogP contribution in [0, 0.1) is 6.92 Å². The Balaban J connectivity index is 2.29. The zero-order valence-electron chi connectivity index (χ0n) is 10.9. The highest BCUT2D eigenvalue weighted by Gasteiger charge is 2.23. The molecule has 20 heavy (non-hydrogen) atoms. The monoisotopic (exact) mass is 274 g/mol. The van der Waals surface area contributed by atoms with Crippen molar-refractivity contribution in [3.8, 4) is 0 Å². The van der Waals surface area contributed by atoms with Gasteiger partial charge in [-0.15, -0.1) is 0 Å². The molecule has 1 N–H and O–H groups in total. The number of nitrogens with zero attached hydrogens (tertiary/aromatic N) is 2. The first-order valence-corrected chi connectivity index (χ1v) is 6.08. The first kappa shape index (κ1) is 13.8. The van der Waals surface area contributed by atoms with Crippen LogP contribution in [0.3, 0.4) is 0 Å². The second-order valence-corrected chi connectivity index (χ2v) is 4.20. The Labute approximate surface area is 115 Å². The van der Waals surface area contributed by atoms with Crippen LogP contribution in [0.2, 0.25) is 0 Å². The molecule has 6 heteroatoms. The predicted molar refractivity (Wildman–Crippen MR) is 71.6 cm³/mol. The molecule has 0 fully saturated rings. The van der Waals surface area contributed by atoms with Gasteiger partial charge < -0.3 is 14.4 Å². The zero-order chi connectivity index (χ0) is 14.5. The normalized spacial score (nSPS) is 10.2. The Morgan fingerprint density at radius 1 is 1.30 bits per heavy atom. The van der Waals surface area contributed by atoms with Crippen molar-refractivity contribution in [3.05, 3.63) is 48.2 Å². The number of benzene rings is 1. The molecule has 1 aromatic carbocycles. The van der Waals surface area contributed by atoms with Crippen molar-refractivity contribution in [2.75, 3.05) is 11.4 Å². The minimum absolute atomic E-state index is 0.0678. The molecule has 0 unspecified atom stereocenters. The maximum Gasteiger partial charge on any atom is 0.305 e. The molecular weight excluding hydrogens is 260 g/mol. The van der Waals surface area contributed by atoms with Crippen LogP contribution in [-0.2, 0) is 4.79 Å². The fourth-order valence-corrected chi connectivity index (χ4v) is 1.79. The number of oxazole rings is 1. The Hall–Kier alpha value is -2.63. The van der Waals surface area contributed by atoms with Crippen LogP contribution in [0.25, 0.3) is 0 Å². The molecule has 2 aromatic rings. The summed E-state index contributed by atoms with van der Waals surface area (Å²) in [6.07, 6.45) is 1.05. The third-order valence-electron chi connectivity index (χ3n) is 2.80. The van der Waals surface area contributed by atoms with Gasteiger partial charge in [0.2, 0.25) is 5.76 Å². The summed E-state index contributed by atoms with van der Waals surface area (Å²) in [6, 6.07) is 8.87. The second-order valence-electron chi connectivity index (χ2n) is 4.20. The largest absolute Gasteiger partial charge is 0.481 e. The molecule has 6 nitrogen and oxygen atoms in total. The number of rotatable bonds is 5. The molecule has 1 aromatic heterocycles. The van der Waals surface area contributed by atoms with E-state index in [2.05, 4.69) is 4.98 Å². The van der Waals surface area contributed by atoms with Gasteiger partial charge in [-0.05, 0) is 19.1 Å². The fraction of sp³-hybridized carbons (Fsp3) is 0.214. The molecule has 2 rings (SSSR count). The summed E-state index contributed by atoms with van der Waals surface area (Å²) < 4.78 is 5.09. The van der Waals surface area contributed by atoms with Crippen LogP contribution in [-0.4, -0.2) is 28.5 Å². The summed E-state index contributed by atoms with van der Waals surface area (Å²) in [4.78, 5) is 28.4. The number of aryl methyl sites for hydroxylation is 1. The van der Waals surface area contributed by atoms with Gasteiger partial charge in [-0.25, -0.2) is 4.98 Å². The van der Waals surface area contributed by atoms with Gasteiger partial charge >= 0.3 is 5.97 Å². The number of para-hydroxylation sites is 1. The Bertz CT molecular complexity index is 607. The summed E-state index contributed by atoms with van der Waals surface area (Å²) in [7, 11) is 0. The van der Waals surface area contributed by atoms with Gasteiger partial charge in [0.05, 0.1) is 12.1 Å². The van der Waals surface area contributed by atoms with E-state index in [9.17, 15) is 9.59 Å². The molecule has 1 amide bonds. The average molecular weight is 274 g/mol. The van der Waals surface area contributed by atoms with E-state index in [1.54, 1.807) is 31.2 Å². The van der Waals surface area contributed by atoms with Gasteiger partial charge in [-0.2, -0.15) is 0 Å². The number of carbonyl (C=O) groups excluding carboxylic acids is 1. The third-order valence-corrected chi connectivity index (χ3v) is 2.80. The van der Waals surface area contributed by atoms with Crippen molar-refractivity contribution >= 4 is 17.6 Å². The average Bonchev–Trinajstić information content (AvgIpc) is 2.86. The van der Waals surface area contributed by atoms with Gasteiger partial charge in [-0.3, -0.25) is 9.59 Å². The minimum Gasteiger partial charge on any atom is -0.481 e. The highest BCUT2D eigenvalue weighted by atomic mass is 16.4. The summed E-state index contributed by atoms with van der Waals surface area (Å²) in [5, 5.41) is 8.80. The molecule has 0 bridgehead atoms. The van der Waals surface area contributed by atoms with E-state index < -0.39 is 11.9 Å². The minimum atomic E-state index is -0.965. The Morgan fingerprint density at radius 2 is 2.00 bits per heavy atom. The van der Waals surface area contributed by atoms with E-state index in [0.29, 0.717) is 11.4 Å². The summed E-state index contributed by atoms with van der Waals surface area (Å²) >= 11 is 0. The van der Waals surface area contributed by atoms with Crippen LogP contribution in [0.5, 0.6) is 0 Å². The summed E-state index contributed by atoms with van der Waals surface area (Å²) in [5.41, 5.74) is 1.10. The van der Waals surface area contributed by atoms with Crippen molar-refractivity contribution in [3.63, 3.8) is 0 Å². The van der Waals surface area contributed by atoms with Crippen molar-refractivity contribution in [1.29, 1.82) is 0 Å². The van der Waals surface area contributed by atoms with E-state index in [1.807, 2.05) is 6.07 Å². The van der Waals surface area contributed by atoms with Gasteiger partial charge in [0, 0.05) is 12.2 Å². The van der Waals surface area contributed by atoms with E-state index in [0.717, 1.165) is 0 Å². The van der Waals surface area contributed by atoms with Crippen molar-refractivity contribution in [2.24, 2.45) is 0 Å². The SMILES string of the molecule is Cc1ncoc1C(=O)N(CCC(=O)O)c1ccccc1. The van der Waals surface area contributed by atoms with Crippen LogP contribution in [0.15, 0.2) is 41.1 Å². The number of carboxylic acid groups (broad SMARTS) is 1. The number of carbonyl (C=O) groups is 2. The maximum atomic E-state index is 12.4. The molecular formula is C14H14N2O4. The van der Waals surface area contributed by atoms with Gasteiger partial charge in [0.25, 0.3) is 5.91 Å². The first-order chi connectivity index (χ1) is 9.59. The number of amides is 1. The molecule has 0 saturated heterocycles. The number of anilines is 1. The lowest BCUT2D eigenvalue weighted by Crippen LogP contribution is -2.33. The number of hydrogen-bond donors (Lipinski definition) is 1. The number of aromatic nitrogens is 1. The molecule has 0 aliphatic heterocycles. The lowest BCUT2D eigenvalue weighted by molar-refractivity contribution is -0.136. The molecule has 0 spiro atoms. The molecule has 0 saturated carbocycles. The van der Waals surface area contributed by atoms with E-state index in [1.165, 1.54) is 11.3 Å². The predicted octanol–water partition coefficient (Wildman–Crippen LogP) is 2.10. The van der Waals surface area contributed by atoms with Gasteiger partial charge in [-0.1, -0.05) is 18.2 Å². The maximum absolute atomic E-state index is 12.4. The molecule has 0 radical (unpaired) electrons. The molecule has 0 aliphatic carbocycles. The van der Waals surface area contributed by atoms with Crippen LogP contribution in [0.4, 0.5) is 5.69 Å². The standard InChI is InChI=1S/C14H14N2O4/c1-10-13(20-9-15-10)14(19)16(8-7-12(17)18)11-5-3-2-4-6-11/h2-6,9H,7-8H2,1H3,(H,17,18). The van der Waals surface area contributed by atoms with E-state index in [4.69, 9.17) is 9.52 Å². The molecule has 1 heterocycles. The van der Waals surface area contributed by atoms with Crippen molar-refractivity contribution in [1.82, 2.24) is 4.98 Å². The van der Waals surface area contributed by atoms with Gasteiger partial charge in [0.15, 0.2) is 6.39 Å². The van der Waals surface area contributed by atoms with E-state index in [-0.39, 0.29) is 18.7 Å². The summed E-state index contributed by atoms with van der Waals surface area (Å²) in [6.45, 7) is 1.73. The number of hydrogen-bond acceptors (Lipinski definition) is 4. The summed E-state index contributed by atoms with van der Waals surface area (Å²) in [5.74, 6) is -1.24. The molecule has 0 atom stereocenters. The highest BCUT2D eigenvalue weighted by molar-refractivity contribution is 6.05. The van der Waals surface area contributed by atoms with Gasteiger partial charge in [0.1, 0.15) is 0 Å². The van der Waals surface area contributed by atoms with Crippen LogP contribution >= 0.6 is 0 Å². The quantitative estimate of drug-likeness (QED) is 0.902.